The van der Waals surface area contributed by atoms with Crippen LogP contribution in [0.3, 0.4) is 0 Å². The molecule has 2 aromatic carbocycles. The van der Waals surface area contributed by atoms with Gasteiger partial charge in [-0.2, -0.15) is 0 Å². The fourth-order valence-electron chi connectivity index (χ4n) is 5.74. The summed E-state index contributed by atoms with van der Waals surface area (Å²) in [5.41, 5.74) is 2.47. The third-order valence-corrected chi connectivity index (χ3v) is 7.04. The first-order valence-corrected chi connectivity index (χ1v) is 11.3. The Morgan fingerprint density at radius 3 is 2.21 bits per heavy atom. The van der Waals surface area contributed by atoms with Crippen LogP contribution in [0.25, 0.3) is 0 Å². The van der Waals surface area contributed by atoms with E-state index >= 15 is 0 Å². The van der Waals surface area contributed by atoms with Crippen molar-refractivity contribution in [3.8, 4) is 11.5 Å². The number of ether oxygens (including phenoxy) is 6. The fourth-order valence-corrected chi connectivity index (χ4v) is 5.74. The van der Waals surface area contributed by atoms with Crippen molar-refractivity contribution in [1.82, 2.24) is 0 Å². The molecule has 8 nitrogen and oxygen atoms in total. The number of allylic oxidation sites excluding steroid dienone is 1. The van der Waals surface area contributed by atoms with Crippen molar-refractivity contribution < 1.29 is 38.0 Å². The van der Waals surface area contributed by atoms with Crippen molar-refractivity contribution in [3.63, 3.8) is 0 Å². The van der Waals surface area contributed by atoms with Crippen LogP contribution >= 0.6 is 0 Å². The highest BCUT2D eigenvalue weighted by Gasteiger charge is 2.61. The summed E-state index contributed by atoms with van der Waals surface area (Å²) in [4.78, 5) is 26.9. The van der Waals surface area contributed by atoms with Crippen LogP contribution in [0.5, 0.6) is 11.5 Å². The molecule has 0 aromatic heterocycles. The molecule has 2 aromatic rings. The molecule has 1 atom stereocenters. The highest BCUT2D eigenvalue weighted by molar-refractivity contribution is 6.10. The molecule has 2 fully saturated rings. The lowest BCUT2D eigenvalue weighted by atomic mass is 9.68. The minimum Gasteiger partial charge on any atom is -0.496 e. The summed E-state index contributed by atoms with van der Waals surface area (Å²) < 4.78 is 36.2. The van der Waals surface area contributed by atoms with Gasteiger partial charge in [0, 0.05) is 23.1 Å². The first-order chi connectivity index (χ1) is 16.6. The Morgan fingerprint density at radius 1 is 0.853 bits per heavy atom. The molecule has 0 radical (unpaired) electrons. The van der Waals surface area contributed by atoms with Gasteiger partial charge in [0.25, 0.3) is 0 Å². The van der Waals surface area contributed by atoms with Gasteiger partial charge in [-0.05, 0) is 18.2 Å². The third kappa shape index (κ3) is 2.74. The predicted octanol–water partition coefficient (Wildman–Crippen LogP) is 3.13. The Labute approximate surface area is 196 Å². The second-order valence-corrected chi connectivity index (χ2v) is 8.59. The number of ketones is 2. The zero-order valence-electron chi connectivity index (χ0n) is 18.9. The van der Waals surface area contributed by atoms with Gasteiger partial charge in [-0.25, -0.2) is 0 Å². The van der Waals surface area contributed by atoms with E-state index in [-0.39, 0.29) is 18.0 Å². The van der Waals surface area contributed by atoms with E-state index in [1.165, 1.54) is 13.2 Å². The second kappa shape index (κ2) is 7.74. The minimum absolute atomic E-state index is 0.0626. The molecular weight excluding hydrogens is 440 g/mol. The topological polar surface area (TPSA) is 89.5 Å². The van der Waals surface area contributed by atoms with Crippen LogP contribution in [-0.4, -0.2) is 52.2 Å². The predicted molar refractivity (Wildman–Crippen MR) is 118 cm³/mol. The van der Waals surface area contributed by atoms with Gasteiger partial charge in [-0.15, -0.1) is 0 Å². The standard InChI is InChI=1S/C26H24O8/c1-29-21-7-4-6-16-23(21)20(28)14-17(25(16)31-9-10-32-25)18-13-19(27)15-5-3-8-22(30-2)24(15)26(18)33-11-12-34-26/h3-8,14,18H,9-13H2,1-2H3/t18-/m1/s1. The number of hydrogen-bond donors (Lipinski definition) is 0. The van der Waals surface area contributed by atoms with Crippen LogP contribution in [0.15, 0.2) is 48.0 Å². The quantitative estimate of drug-likeness (QED) is 0.685. The maximum absolute atomic E-state index is 13.5. The maximum Gasteiger partial charge on any atom is 0.220 e. The highest BCUT2D eigenvalue weighted by atomic mass is 16.7. The molecule has 4 aliphatic rings. The molecule has 0 N–H and O–H groups in total. The van der Waals surface area contributed by atoms with E-state index < -0.39 is 17.5 Å². The molecule has 0 unspecified atom stereocenters. The molecule has 2 spiro atoms. The maximum atomic E-state index is 13.5. The van der Waals surface area contributed by atoms with Crippen molar-refractivity contribution in [2.45, 2.75) is 18.0 Å². The Bertz CT molecular complexity index is 1220. The summed E-state index contributed by atoms with van der Waals surface area (Å²) in [6.07, 6.45) is 1.56. The van der Waals surface area contributed by atoms with Crippen molar-refractivity contribution in [1.29, 1.82) is 0 Å². The molecule has 176 valence electrons. The first-order valence-electron chi connectivity index (χ1n) is 11.3. The molecule has 2 aliphatic carbocycles. The molecule has 0 saturated carbocycles. The summed E-state index contributed by atoms with van der Waals surface area (Å²) >= 11 is 0. The van der Waals surface area contributed by atoms with E-state index in [0.29, 0.717) is 65.8 Å². The zero-order chi connectivity index (χ0) is 23.5. The Kier molecular flexibility index (Phi) is 4.90. The van der Waals surface area contributed by atoms with Crippen LogP contribution in [0.1, 0.15) is 38.3 Å². The Morgan fingerprint density at radius 2 is 1.50 bits per heavy atom. The number of methoxy groups -OCH3 is 2. The molecule has 2 saturated heterocycles. The monoisotopic (exact) mass is 464 g/mol. The van der Waals surface area contributed by atoms with Crippen molar-refractivity contribution >= 4 is 11.6 Å². The normalized spacial score (nSPS) is 24.2. The van der Waals surface area contributed by atoms with E-state index in [1.54, 1.807) is 43.5 Å². The molecular formula is C26H24O8. The SMILES string of the molecule is COc1cccc2c1C(=O)C=C([C@H]1CC(=O)c3cccc(OC)c3C13OCCO3)C21OCCO1. The van der Waals surface area contributed by atoms with Crippen molar-refractivity contribution in [2.75, 3.05) is 40.6 Å². The number of rotatable bonds is 3. The number of Topliss-reactive ketones (excluding diaryl/α,β-unsaturated/α-hetero) is 1. The molecule has 34 heavy (non-hydrogen) atoms. The second-order valence-electron chi connectivity index (χ2n) is 8.59. The lowest BCUT2D eigenvalue weighted by molar-refractivity contribution is -0.218. The van der Waals surface area contributed by atoms with Crippen molar-refractivity contribution in [3.05, 3.63) is 70.3 Å². The van der Waals surface area contributed by atoms with E-state index in [1.807, 2.05) is 0 Å². The van der Waals surface area contributed by atoms with E-state index in [0.717, 1.165) is 0 Å². The van der Waals surface area contributed by atoms with Crippen LogP contribution in [0.4, 0.5) is 0 Å². The number of carbonyl (C=O) groups excluding carboxylic acids is 2. The highest BCUT2D eigenvalue weighted by Crippen LogP contribution is 2.58. The largest absolute Gasteiger partial charge is 0.496 e. The number of carbonyl (C=O) groups is 2. The molecule has 2 aliphatic heterocycles. The van der Waals surface area contributed by atoms with E-state index in [4.69, 9.17) is 28.4 Å². The first kappa shape index (κ1) is 21.5. The van der Waals surface area contributed by atoms with Crippen LogP contribution in [-0.2, 0) is 30.5 Å². The summed E-state index contributed by atoms with van der Waals surface area (Å²) in [5, 5.41) is 0. The van der Waals surface area contributed by atoms with Gasteiger partial charge in [0.15, 0.2) is 11.6 Å². The fraction of sp³-hybridized carbons (Fsp3) is 0.385. The Hall–Kier alpha value is -3.04. The summed E-state index contributed by atoms with van der Waals surface area (Å²) in [6, 6.07) is 10.6. The van der Waals surface area contributed by atoms with Gasteiger partial charge >= 0.3 is 0 Å². The lowest BCUT2D eigenvalue weighted by Crippen LogP contribution is -2.49. The summed E-state index contributed by atoms with van der Waals surface area (Å²) in [6.45, 7) is 1.33. The molecule has 0 bridgehead atoms. The lowest BCUT2D eigenvalue weighted by Gasteiger charge is -2.46. The third-order valence-electron chi connectivity index (χ3n) is 7.04. The molecule has 8 heteroatoms. The zero-order valence-corrected chi connectivity index (χ0v) is 18.9. The average molecular weight is 464 g/mol. The van der Waals surface area contributed by atoms with Gasteiger partial charge in [-0.1, -0.05) is 24.3 Å². The van der Waals surface area contributed by atoms with Crippen LogP contribution in [0.2, 0.25) is 0 Å². The van der Waals surface area contributed by atoms with E-state index in [2.05, 4.69) is 0 Å². The number of benzene rings is 2. The molecule has 2 heterocycles. The number of hydrogen-bond acceptors (Lipinski definition) is 8. The van der Waals surface area contributed by atoms with Gasteiger partial charge < -0.3 is 28.4 Å². The average Bonchev–Trinajstić information content (AvgIpc) is 3.55. The molecule has 0 amide bonds. The van der Waals surface area contributed by atoms with Gasteiger partial charge in [-0.3, -0.25) is 9.59 Å². The number of fused-ring (bicyclic) bond motifs is 4. The van der Waals surface area contributed by atoms with Crippen LogP contribution < -0.4 is 9.47 Å². The van der Waals surface area contributed by atoms with Gasteiger partial charge in [0.1, 0.15) is 11.5 Å². The summed E-state index contributed by atoms with van der Waals surface area (Å²) in [5.74, 6) is -2.77. The summed E-state index contributed by atoms with van der Waals surface area (Å²) in [7, 11) is 3.06. The van der Waals surface area contributed by atoms with Crippen LogP contribution in [0, 0.1) is 5.92 Å². The van der Waals surface area contributed by atoms with Gasteiger partial charge in [0.05, 0.1) is 57.7 Å². The molecule has 6 rings (SSSR count). The van der Waals surface area contributed by atoms with E-state index in [9.17, 15) is 9.59 Å². The smallest absolute Gasteiger partial charge is 0.220 e. The van der Waals surface area contributed by atoms with Crippen molar-refractivity contribution in [2.24, 2.45) is 5.92 Å². The minimum atomic E-state index is -1.36. The van der Waals surface area contributed by atoms with Gasteiger partial charge in [0.2, 0.25) is 11.6 Å². The Balaban J connectivity index is 1.59.